The Morgan fingerprint density at radius 3 is 2.72 bits per heavy atom. The smallest absolute Gasteiger partial charge is 0.337 e. The number of methoxy groups -OCH3 is 1. The fraction of sp³-hybridized carbons (Fsp3) is 0.333. The van der Waals surface area contributed by atoms with Crippen molar-refractivity contribution in [3.8, 4) is 0 Å². The summed E-state index contributed by atoms with van der Waals surface area (Å²) in [7, 11) is 1.30. The van der Waals surface area contributed by atoms with E-state index in [9.17, 15) is 9.59 Å². The van der Waals surface area contributed by atoms with Crippen molar-refractivity contribution >= 4 is 29.3 Å². The fourth-order valence-electron chi connectivity index (χ4n) is 1.44. The molecule has 0 aliphatic heterocycles. The van der Waals surface area contributed by atoms with Gasteiger partial charge in [-0.15, -0.1) is 0 Å². The second-order valence-corrected chi connectivity index (χ2v) is 4.47. The van der Waals surface area contributed by atoms with Crippen molar-refractivity contribution in [2.75, 3.05) is 12.4 Å². The second kappa shape index (κ2) is 5.27. The lowest BCUT2D eigenvalue weighted by Gasteiger charge is -2.09. The van der Waals surface area contributed by atoms with E-state index in [0.717, 1.165) is 12.8 Å². The van der Waals surface area contributed by atoms with E-state index in [1.165, 1.54) is 19.2 Å². The number of esters is 1. The molecule has 0 unspecified atom stereocenters. The number of ether oxygens (including phenoxy) is 1. The molecule has 0 saturated heterocycles. The van der Waals surface area contributed by atoms with Gasteiger partial charge in [0.1, 0.15) is 0 Å². The molecule has 1 aliphatic carbocycles. The summed E-state index contributed by atoms with van der Waals surface area (Å²) >= 11 is 5.95. The van der Waals surface area contributed by atoms with Gasteiger partial charge < -0.3 is 15.4 Å². The maximum atomic E-state index is 11.6. The van der Waals surface area contributed by atoms with Gasteiger partial charge in [-0.2, -0.15) is 0 Å². The summed E-state index contributed by atoms with van der Waals surface area (Å²) in [6, 6.07) is 4.51. The number of rotatable bonds is 3. The molecule has 0 radical (unpaired) electrons. The highest BCUT2D eigenvalue weighted by molar-refractivity contribution is 6.33. The van der Waals surface area contributed by atoms with Gasteiger partial charge in [0, 0.05) is 6.04 Å². The molecule has 0 atom stereocenters. The SMILES string of the molecule is COC(=O)c1ccc(Cl)c(NC(=O)NC2CC2)c1. The molecule has 96 valence electrons. The number of urea groups is 1. The molecule has 0 heterocycles. The van der Waals surface area contributed by atoms with Gasteiger partial charge in [0.05, 0.1) is 23.4 Å². The Kier molecular flexibility index (Phi) is 3.72. The summed E-state index contributed by atoms with van der Waals surface area (Å²) in [5.74, 6) is -0.475. The highest BCUT2D eigenvalue weighted by Gasteiger charge is 2.23. The lowest BCUT2D eigenvalue weighted by molar-refractivity contribution is 0.0600. The van der Waals surface area contributed by atoms with Gasteiger partial charge in [-0.3, -0.25) is 0 Å². The Hall–Kier alpha value is -1.75. The maximum absolute atomic E-state index is 11.6. The van der Waals surface area contributed by atoms with Crippen LogP contribution in [0.15, 0.2) is 18.2 Å². The molecule has 0 spiro atoms. The molecule has 1 aliphatic rings. The summed E-state index contributed by atoms with van der Waals surface area (Å²) in [6.07, 6.45) is 2.01. The van der Waals surface area contributed by atoms with Crippen LogP contribution >= 0.6 is 11.6 Å². The van der Waals surface area contributed by atoms with Crippen LogP contribution in [0.5, 0.6) is 0 Å². The zero-order valence-electron chi connectivity index (χ0n) is 9.83. The van der Waals surface area contributed by atoms with E-state index in [1.54, 1.807) is 6.07 Å². The predicted molar refractivity (Wildman–Crippen MR) is 68.0 cm³/mol. The molecular weight excluding hydrogens is 256 g/mol. The average Bonchev–Trinajstić information content (AvgIpc) is 3.14. The van der Waals surface area contributed by atoms with E-state index in [4.69, 9.17) is 11.6 Å². The van der Waals surface area contributed by atoms with Crippen molar-refractivity contribution in [1.29, 1.82) is 0 Å². The zero-order chi connectivity index (χ0) is 13.1. The molecule has 2 N–H and O–H groups in total. The first-order valence-corrected chi connectivity index (χ1v) is 5.93. The van der Waals surface area contributed by atoms with Crippen LogP contribution in [0.1, 0.15) is 23.2 Å². The van der Waals surface area contributed by atoms with Crippen LogP contribution in [0.4, 0.5) is 10.5 Å². The van der Waals surface area contributed by atoms with Gasteiger partial charge in [-0.05, 0) is 31.0 Å². The standard InChI is InChI=1S/C12H13ClN2O3/c1-18-11(16)7-2-5-9(13)10(6-7)15-12(17)14-8-3-4-8/h2,5-6,8H,3-4H2,1H3,(H2,14,15,17). The number of benzene rings is 1. The summed E-state index contributed by atoms with van der Waals surface area (Å²) in [5.41, 5.74) is 0.723. The molecule has 5 nitrogen and oxygen atoms in total. The molecule has 1 fully saturated rings. The number of amides is 2. The third-order valence-corrected chi connectivity index (χ3v) is 2.88. The normalized spacial score (nSPS) is 13.9. The zero-order valence-corrected chi connectivity index (χ0v) is 10.6. The molecule has 1 aromatic rings. The molecule has 1 saturated carbocycles. The molecule has 18 heavy (non-hydrogen) atoms. The van der Waals surface area contributed by atoms with E-state index in [2.05, 4.69) is 15.4 Å². The topological polar surface area (TPSA) is 67.4 Å². The van der Waals surface area contributed by atoms with Crippen LogP contribution < -0.4 is 10.6 Å². The van der Waals surface area contributed by atoms with E-state index < -0.39 is 5.97 Å². The molecule has 2 rings (SSSR count). The van der Waals surface area contributed by atoms with Gasteiger partial charge >= 0.3 is 12.0 Å². The third kappa shape index (κ3) is 3.13. The Labute approximate surface area is 109 Å². The second-order valence-electron chi connectivity index (χ2n) is 4.06. The lowest BCUT2D eigenvalue weighted by atomic mass is 10.2. The first kappa shape index (κ1) is 12.7. The third-order valence-electron chi connectivity index (χ3n) is 2.55. The van der Waals surface area contributed by atoms with Crippen molar-refractivity contribution < 1.29 is 14.3 Å². The Morgan fingerprint density at radius 2 is 2.11 bits per heavy atom. The number of hydrogen-bond donors (Lipinski definition) is 2. The number of carbonyl (C=O) groups is 2. The highest BCUT2D eigenvalue weighted by atomic mass is 35.5. The molecule has 0 aromatic heterocycles. The van der Waals surface area contributed by atoms with Gasteiger partial charge in [-0.1, -0.05) is 11.6 Å². The number of carbonyl (C=O) groups excluding carboxylic acids is 2. The molecular formula is C12H13ClN2O3. The van der Waals surface area contributed by atoms with E-state index in [0.29, 0.717) is 16.3 Å². The van der Waals surface area contributed by atoms with Crippen molar-refractivity contribution in [2.45, 2.75) is 18.9 Å². The van der Waals surface area contributed by atoms with Crippen LogP contribution in [0, 0.1) is 0 Å². The predicted octanol–water partition coefficient (Wildman–Crippen LogP) is 2.41. The first-order chi connectivity index (χ1) is 8.60. The van der Waals surface area contributed by atoms with Gasteiger partial charge in [-0.25, -0.2) is 9.59 Å². The van der Waals surface area contributed by atoms with E-state index in [1.807, 2.05) is 0 Å². The minimum Gasteiger partial charge on any atom is -0.465 e. The molecule has 1 aromatic carbocycles. The lowest BCUT2D eigenvalue weighted by Crippen LogP contribution is -2.30. The fourth-order valence-corrected chi connectivity index (χ4v) is 1.60. The van der Waals surface area contributed by atoms with Crippen LogP contribution in [0.2, 0.25) is 5.02 Å². The van der Waals surface area contributed by atoms with Crippen LogP contribution in [0.25, 0.3) is 0 Å². The number of halogens is 1. The number of anilines is 1. The first-order valence-electron chi connectivity index (χ1n) is 5.55. The van der Waals surface area contributed by atoms with Crippen molar-refractivity contribution in [3.05, 3.63) is 28.8 Å². The largest absolute Gasteiger partial charge is 0.465 e. The summed E-state index contributed by atoms with van der Waals surface area (Å²) < 4.78 is 4.60. The van der Waals surface area contributed by atoms with Crippen LogP contribution in [-0.2, 0) is 4.74 Å². The van der Waals surface area contributed by atoms with Crippen molar-refractivity contribution in [1.82, 2.24) is 5.32 Å². The maximum Gasteiger partial charge on any atom is 0.337 e. The van der Waals surface area contributed by atoms with Gasteiger partial charge in [0.2, 0.25) is 0 Å². The summed E-state index contributed by atoms with van der Waals surface area (Å²) in [4.78, 5) is 22.9. The monoisotopic (exact) mass is 268 g/mol. The minimum atomic E-state index is -0.475. The molecule has 0 bridgehead atoms. The Balaban J connectivity index is 2.09. The molecule has 6 heteroatoms. The highest BCUT2D eigenvalue weighted by Crippen LogP contribution is 2.24. The number of hydrogen-bond acceptors (Lipinski definition) is 3. The van der Waals surface area contributed by atoms with E-state index in [-0.39, 0.29) is 12.1 Å². The van der Waals surface area contributed by atoms with Crippen LogP contribution in [-0.4, -0.2) is 25.2 Å². The van der Waals surface area contributed by atoms with Gasteiger partial charge in [0.25, 0.3) is 0 Å². The quantitative estimate of drug-likeness (QED) is 0.827. The minimum absolute atomic E-state index is 0.257. The van der Waals surface area contributed by atoms with E-state index >= 15 is 0 Å². The Morgan fingerprint density at radius 1 is 1.39 bits per heavy atom. The molecule has 2 amide bonds. The van der Waals surface area contributed by atoms with Crippen molar-refractivity contribution in [3.63, 3.8) is 0 Å². The van der Waals surface area contributed by atoms with Gasteiger partial charge in [0.15, 0.2) is 0 Å². The number of nitrogens with one attached hydrogen (secondary N) is 2. The Bertz CT molecular complexity index is 486. The average molecular weight is 269 g/mol. The summed E-state index contributed by atoms with van der Waals surface area (Å²) in [5, 5.41) is 5.75. The van der Waals surface area contributed by atoms with Crippen LogP contribution in [0.3, 0.4) is 0 Å². The van der Waals surface area contributed by atoms with Crippen molar-refractivity contribution in [2.24, 2.45) is 0 Å². The summed E-state index contributed by atoms with van der Waals surface area (Å²) in [6.45, 7) is 0.